The van der Waals surface area contributed by atoms with Crippen molar-refractivity contribution >= 4 is 42.3 Å². The zero-order chi connectivity index (χ0) is 12.5. The summed E-state index contributed by atoms with van der Waals surface area (Å²) in [6.45, 7) is 0. The lowest BCUT2D eigenvalue weighted by Crippen LogP contribution is -2.04. The summed E-state index contributed by atoms with van der Waals surface area (Å²) in [6, 6.07) is 0.978. The standard InChI is InChI=1S/C7H5ClF2INO3S/c1-15-6-3(5(9)10)2-4(11)7(12-6)16(8,13)14/h2,5H,1H3. The molecule has 0 aliphatic heterocycles. The third-order valence-electron chi connectivity index (χ3n) is 1.60. The number of nitrogens with zero attached hydrogens (tertiary/aromatic N) is 1. The van der Waals surface area contributed by atoms with Gasteiger partial charge in [0.25, 0.3) is 15.5 Å². The molecular weight excluding hydrogens is 379 g/mol. The minimum atomic E-state index is -4.08. The van der Waals surface area contributed by atoms with E-state index in [2.05, 4.69) is 9.72 Å². The zero-order valence-corrected chi connectivity index (χ0v) is 11.5. The summed E-state index contributed by atoms with van der Waals surface area (Å²) in [4.78, 5) is 3.45. The molecule has 9 heteroatoms. The van der Waals surface area contributed by atoms with Gasteiger partial charge < -0.3 is 4.74 Å². The van der Waals surface area contributed by atoms with Crippen molar-refractivity contribution in [3.8, 4) is 5.88 Å². The second-order valence-corrected chi connectivity index (χ2v) is 6.26. The number of hydrogen-bond donors (Lipinski definition) is 0. The maximum Gasteiger partial charge on any atom is 0.279 e. The Kier molecular flexibility index (Phi) is 4.29. The van der Waals surface area contributed by atoms with Gasteiger partial charge in [0.05, 0.1) is 16.2 Å². The van der Waals surface area contributed by atoms with Crippen LogP contribution in [0.3, 0.4) is 0 Å². The normalized spacial score (nSPS) is 11.9. The second kappa shape index (κ2) is 4.96. The summed E-state index contributed by atoms with van der Waals surface area (Å²) in [6.07, 6.45) is -2.80. The lowest BCUT2D eigenvalue weighted by molar-refractivity contribution is 0.145. The van der Waals surface area contributed by atoms with Gasteiger partial charge >= 0.3 is 0 Å². The third-order valence-corrected chi connectivity index (χ3v) is 4.00. The van der Waals surface area contributed by atoms with Gasteiger partial charge in [0.15, 0.2) is 5.03 Å². The first-order valence-electron chi connectivity index (χ1n) is 3.74. The van der Waals surface area contributed by atoms with Gasteiger partial charge in [-0.15, -0.1) is 0 Å². The minimum absolute atomic E-state index is 0.0173. The van der Waals surface area contributed by atoms with E-state index in [4.69, 9.17) is 10.7 Å². The first-order valence-corrected chi connectivity index (χ1v) is 7.13. The van der Waals surface area contributed by atoms with Gasteiger partial charge in [-0.05, 0) is 28.7 Å². The fraction of sp³-hybridized carbons (Fsp3) is 0.286. The molecule has 16 heavy (non-hydrogen) atoms. The van der Waals surface area contributed by atoms with E-state index in [1.807, 2.05) is 0 Å². The molecule has 0 fully saturated rings. The van der Waals surface area contributed by atoms with E-state index in [0.717, 1.165) is 13.2 Å². The predicted molar refractivity (Wildman–Crippen MR) is 61.5 cm³/mol. The Balaban J connectivity index is 3.50. The molecule has 0 radical (unpaired) electrons. The van der Waals surface area contributed by atoms with E-state index in [1.165, 1.54) is 0 Å². The van der Waals surface area contributed by atoms with E-state index in [1.54, 1.807) is 22.6 Å². The smallest absolute Gasteiger partial charge is 0.279 e. The van der Waals surface area contributed by atoms with Gasteiger partial charge in [0, 0.05) is 10.7 Å². The van der Waals surface area contributed by atoms with Crippen molar-refractivity contribution in [1.82, 2.24) is 4.98 Å². The lowest BCUT2D eigenvalue weighted by Gasteiger charge is -2.09. The minimum Gasteiger partial charge on any atom is -0.481 e. The van der Waals surface area contributed by atoms with E-state index in [9.17, 15) is 17.2 Å². The average Bonchev–Trinajstić information content (AvgIpc) is 2.15. The third kappa shape index (κ3) is 2.92. The van der Waals surface area contributed by atoms with Gasteiger partial charge in [0.2, 0.25) is 5.88 Å². The van der Waals surface area contributed by atoms with Crippen LogP contribution in [0.4, 0.5) is 8.78 Å². The van der Waals surface area contributed by atoms with Crippen LogP contribution in [0.5, 0.6) is 5.88 Å². The molecule has 1 heterocycles. The molecule has 1 aromatic heterocycles. The van der Waals surface area contributed by atoms with Crippen LogP contribution in [-0.4, -0.2) is 20.5 Å². The molecule has 0 saturated heterocycles. The molecule has 0 aliphatic carbocycles. The molecule has 0 aromatic carbocycles. The fourth-order valence-electron chi connectivity index (χ4n) is 0.961. The Morgan fingerprint density at radius 1 is 1.56 bits per heavy atom. The molecular formula is C7H5ClF2INO3S. The summed E-state index contributed by atoms with van der Waals surface area (Å²) in [5.74, 6) is -0.449. The summed E-state index contributed by atoms with van der Waals surface area (Å²) in [5, 5.41) is -0.490. The summed E-state index contributed by atoms with van der Waals surface area (Å²) in [7, 11) is 2.12. The average molecular weight is 384 g/mol. The molecule has 4 nitrogen and oxygen atoms in total. The molecule has 1 rings (SSSR count). The van der Waals surface area contributed by atoms with Crippen LogP contribution >= 0.6 is 33.3 Å². The highest BCUT2D eigenvalue weighted by atomic mass is 127. The number of pyridine rings is 1. The Morgan fingerprint density at radius 2 is 2.12 bits per heavy atom. The summed E-state index contributed by atoms with van der Waals surface area (Å²) in [5.41, 5.74) is -0.476. The molecule has 0 saturated carbocycles. The van der Waals surface area contributed by atoms with E-state index >= 15 is 0 Å². The van der Waals surface area contributed by atoms with Crippen LogP contribution in [0.25, 0.3) is 0 Å². The van der Waals surface area contributed by atoms with Gasteiger partial charge in [-0.1, -0.05) is 0 Å². The van der Waals surface area contributed by atoms with Crippen molar-refractivity contribution in [2.45, 2.75) is 11.5 Å². The Labute approximate surface area is 109 Å². The Bertz CT molecular complexity index is 509. The molecule has 0 unspecified atom stereocenters. The maximum absolute atomic E-state index is 12.5. The van der Waals surface area contributed by atoms with Gasteiger partial charge in [-0.3, -0.25) is 0 Å². The first kappa shape index (κ1) is 13.8. The van der Waals surface area contributed by atoms with Gasteiger partial charge in [-0.25, -0.2) is 17.2 Å². The maximum atomic E-state index is 12.5. The van der Waals surface area contributed by atoms with Crippen LogP contribution < -0.4 is 4.74 Å². The van der Waals surface area contributed by atoms with E-state index in [-0.39, 0.29) is 3.57 Å². The number of rotatable bonds is 3. The molecule has 0 spiro atoms. The van der Waals surface area contributed by atoms with Crippen molar-refractivity contribution in [3.05, 3.63) is 15.2 Å². The number of methoxy groups -OCH3 is 1. The number of ether oxygens (including phenoxy) is 1. The van der Waals surface area contributed by atoms with E-state index in [0.29, 0.717) is 0 Å². The Hall–Kier alpha value is -0.220. The van der Waals surface area contributed by atoms with E-state index < -0.39 is 31.9 Å². The largest absolute Gasteiger partial charge is 0.481 e. The number of aromatic nitrogens is 1. The molecule has 0 atom stereocenters. The van der Waals surface area contributed by atoms with Crippen LogP contribution in [-0.2, 0) is 9.05 Å². The molecule has 0 amide bonds. The monoisotopic (exact) mass is 383 g/mol. The highest BCUT2D eigenvalue weighted by Gasteiger charge is 2.23. The van der Waals surface area contributed by atoms with Crippen LogP contribution in [0, 0.1) is 3.57 Å². The van der Waals surface area contributed by atoms with Crippen LogP contribution in [0.2, 0.25) is 0 Å². The topological polar surface area (TPSA) is 56.3 Å². The predicted octanol–water partition coefficient (Wildman–Crippen LogP) is 2.56. The fourth-order valence-corrected chi connectivity index (χ4v) is 3.51. The second-order valence-electron chi connectivity index (χ2n) is 2.61. The number of halogens is 4. The molecule has 0 N–H and O–H groups in total. The molecule has 90 valence electrons. The van der Waals surface area contributed by atoms with Gasteiger partial charge in [0.1, 0.15) is 0 Å². The SMILES string of the molecule is COc1nc(S(=O)(=O)Cl)c(I)cc1C(F)F. The van der Waals surface area contributed by atoms with Gasteiger partial charge in [-0.2, -0.15) is 4.98 Å². The number of hydrogen-bond acceptors (Lipinski definition) is 4. The molecule has 1 aromatic rings. The highest BCUT2D eigenvalue weighted by Crippen LogP contribution is 2.32. The zero-order valence-electron chi connectivity index (χ0n) is 7.75. The first-order chi connectivity index (χ1) is 7.27. The van der Waals surface area contributed by atoms with Crippen molar-refractivity contribution in [3.63, 3.8) is 0 Å². The quantitative estimate of drug-likeness (QED) is 0.595. The Morgan fingerprint density at radius 3 is 2.50 bits per heavy atom. The van der Waals surface area contributed by atoms with Crippen molar-refractivity contribution < 1.29 is 21.9 Å². The molecule has 0 bridgehead atoms. The number of alkyl halides is 2. The highest BCUT2D eigenvalue weighted by molar-refractivity contribution is 14.1. The molecule has 0 aliphatic rings. The summed E-state index contributed by atoms with van der Waals surface area (Å²) >= 11 is 1.56. The summed E-state index contributed by atoms with van der Waals surface area (Å²) < 4.78 is 51.7. The van der Waals surface area contributed by atoms with Crippen LogP contribution in [0.1, 0.15) is 12.0 Å². The van der Waals surface area contributed by atoms with Crippen molar-refractivity contribution in [1.29, 1.82) is 0 Å². The van der Waals surface area contributed by atoms with Crippen LogP contribution in [0.15, 0.2) is 11.1 Å². The lowest BCUT2D eigenvalue weighted by atomic mass is 10.3. The van der Waals surface area contributed by atoms with Crippen molar-refractivity contribution in [2.75, 3.05) is 7.11 Å². The van der Waals surface area contributed by atoms with Crippen molar-refractivity contribution in [2.24, 2.45) is 0 Å².